The second-order valence-corrected chi connectivity index (χ2v) is 3.55. The molecule has 14 heavy (non-hydrogen) atoms. The lowest BCUT2D eigenvalue weighted by Crippen LogP contribution is -1.88. The van der Waals surface area contributed by atoms with Gasteiger partial charge in [-0.05, 0) is 17.5 Å². The Bertz CT molecular complexity index is 407. The van der Waals surface area contributed by atoms with Gasteiger partial charge < -0.3 is 0 Å². The van der Waals surface area contributed by atoms with E-state index in [1.165, 1.54) is 5.56 Å². The molecule has 1 heteroatoms. The van der Waals surface area contributed by atoms with Crippen LogP contribution in [0.2, 0.25) is 5.02 Å². The summed E-state index contributed by atoms with van der Waals surface area (Å²) in [4.78, 5) is 0. The van der Waals surface area contributed by atoms with Gasteiger partial charge in [-0.1, -0.05) is 60.1 Å². The first-order chi connectivity index (χ1) is 6.86. The van der Waals surface area contributed by atoms with Crippen LogP contribution in [0.3, 0.4) is 0 Å². The summed E-state index contributed by atoms with van der Waals surface area (Å²) < 4.78 is 0. The van der Waals surface area contributed by atoms with Crippen molar-refractivity contribution < 1.29 is 0 Å². The minimum Gasteiger partial charge on any atom is -0.0833 e. The molecule has 0 saturated heterocycles. The smallest absolute Gasteiger partial charge is 0.0520 e. The van der Waals surface area contributed by atoms with Crippen molar-refractivity contribution in [2.75, 3.05) is 0 Å². The number of hydrogen-bond acceptors (Lipinski definition) is 0. The zero-order valence-electron chi connectivity index (χ0n) is 7.70. The minimum absolute atomic E-state index is 0.719. The van der Waals surface area contributed by atoms with Crippen LogP contribution < -0.4 is 0 Å². The highest BCUT2D eigenvalue weighted by Gasteiger charge is 1.99. The standard InChI is InChI=1S/C13H10Cl/c14-13-9-5-4-8-12(13)10-11-6-2-1-3-7-11/h1-8H,10H2. The molecule has 0 amide bonds. The van der Waals surface area contributed by atoms with E-state index in [4.69, 9.17) is 11.6 Å². The first kappa shape index (κ1) is 9.29. The van der Waals surface area contributed by atoms with Gasteiger partial charge in [0.1, 0.15) is 0 Å². The van der Waals surface area contributed by atoms with E-state index in [1.54, 1.807) is 0 Å². The maximum Gasteiger partial charge on any atom is 0.0520 e. The Balaban J connectivity index is 2.24. The molecule has 2 rings (SSSR count). The van der Waals surface area contributed by atoms with Crippen LogP contribution in [0.25, 0.3) is 0 Å². The highest BCUT2D eigenvalue weighted by Crippen LogP contribution is 2.17. The fourth-order valence-electron chi connectivity index (χ4n) is 1.40. The predicted molar refractivity (Wildman–Crippen MR) is 59.5 cm³/mol. The van der Waals surface area contributed by atoms with Crippen molar-refractivity contribution >= 4 is 11.6 Å². The molecule has 0 aliphatic rings. The Morgan fingerprint density at radius 3 is 2.50 bits per heavy atom. The summed E-state index contributed by atoms with van der Waals surface area (Å²) in [5, 5.41) is 0.719. The summed E-state index contributed by atoms with van der Waals surface area (Å²) in [7, 11) is 0. The average molecular weight is 202 g/mol. The van der Waals surface area contributed by atoms with Gasteiger partial charge in [-0.15, -0.1) is 0 Å². The Morgan fingerprint density at radius 1 is 1.00 bits per heavy atom. The highest BCUT2D eigenvalue weighted by molar-refractivity contribution is 6.31. The highest BCUT2D eigenvalue weighted by atomic mass is 35.5. The van der Waals surface area contributed by atoms with Crippen LogP contribution >= 0.6 is 11.6 Å². The van der Waals surface area contributed by atoms with Gasteiger partial charge in [0.2, 0.25) is 0 Å². The SMILES string of the molecule is Clc1[c]cccc1Cc1ccccc1. The van der Waals surface area contributed by atoms with Gasteiger partial charge in [-0.3, -0.25) is 0 Å². The van der Waals surface area contributed by atoms with Crippen molar-refractivity contribution in [1.82, 2.24) is 0 Å². The van der Waals surface area contributed by atoms with Crippen molar-refractivity contribution in [3.05, 3.63) is 70.7 Å². The lowest BCUT2D eigenvalue weighted by molar-refractivity contribution is 1.19. The maximum absolute atomic E-state index is 6.02. The molecule has 0 atom stereocenters. The van der Waals surface area contributed by atoms with Gasteiger partial charge in [0.15, 0.2) is 0 Å². The molecule has 2 aromatic rings. The van der Waals surface area contributed by atoms with Crippen molar-refractivity contribution in [2.45, 2.75) is 6.42 Å². The van der Waals surface area contributed by atoms with Crippen LogP contribution in [0.15, 0.2) is 48.5 Å². The van der Waals surface area contributed by atoms with Gasteiger partial charge in [-0.2, -0.15) is 0 Å². The van der Waals surface area contributed by atoms with Crippen LogP contribution in [0, 0.1) is 6.07 Å². The summed E-state index contributed by atoms with van der Waals surface area (Å²) in [5.74, 6) is 0. The van der Waals surface area contributed by atoms with E-state index in [0.29, 0.717) is 0 Å². The maximum atomic E-state index is 6.02. The third-order valence-electron chi connectivity index (χ3n) is 2.12. The van der Waals surface area contributed by atoms with E-state index in [-0.39, 0.29) is 0 Å². The van der Waals surface area contributed by atoms with E-state index >= 15 is 0 Å². The van der Waals surface area contributed by atoms with Gasteiger partial charge in [0, 0.05) is 6.07 Å². The van der Waals surface area contributed by atoms with Crippen LogP contribution in [0.5, 0.6) is 0 Å². The topological polar surface area (TPSA) is 0 Å². The zero-order chi connectivity index (χ0) is 9.80. The molecule has 0 saturated carbocycles. The van der Waals surface area contributed by atoms with Crippen LogP contribution in [0.4, 0.5) is 0 Å². The average Bonchev–Trinajstić information content (AvgIpc) is 2.23. The van der Waals surface area contributed by atoms with Gasteiger partial charge in [0.05, 0.1) is 5.02 Å². The molecule has 0 unspecified atom stereocenters. The molecule has 0 aliphatic carbocycles. The summed E-state index contributed by atoms with van der Waals surface area (Å²) in [6.45, 7) is 0. The van der Waals surface area contributed by atoms with E-state index in [9.17, 15) is 0 Å². The molecule has 0 bridgehead atoms. The normalized spacial score (nSPS) is 10.1. The van der Waals surface area contributed by atoms with E-state index < -0.39 is 0 Å². The summed E-state index contributed by atoms with van der Waals surface area (Å²) in [6, 6.07) is 19.1. The fraction of sp³-hybridized carbons (Fsp3) is 0.0769. The largest absolute Gasteiger partial charge is 0.0833 e. The Hall–Kier alpha value is -1.27. The Morgan fingerprint density at radius 2 is 1.79 bits per heavy atom. The third-order valence-corrected chi connectivity index (χ3v) is 2.47. The van der Waals surface area contributed by atoms with Crippen LogP contribution in [-0.4, -0.2) is 0 Å². The number of halogens is 1. The molecular weight excluding hydrogens is 192 g/mol. The van der Waals surface area contributed by atoms with Gasteiger partial charge in [-0.25, -0.2) is 0 Å². The molecule has 0 fully saturated rings. The molecule has 0 spiro atoms. The van der Waals surface area contributed by atoms with Crippen LogP contribution in [0.1, 0.15) is 11.1 Å². The molecular formula is C13H10Cl. The minimum atomic E-state index is 0.719. The first-order valence-electron chi connectivity index (χ1n) is 4.55. The second kappa shape index (κ2) is 4.30. The quantitative estimate of drug-likeness (QED) is 0.695. The number of hydrogen-bond donors (Lipinski definition) is 0. The summed E-state index contributed by atoms with van der Waals surface area (Å²) in [5.41, 5.74) is 2.40. The molecule has 0 N–H and O–H groups in total. The molecule has 0 aromatic heterocycles. The Labute approximate surface area is 89.2 Å². The summed E-state index contributed by atoms with van der Waals surface area (Å²) >= 11 is 6.02. The molecule has 1 radical (unpaired) electrons. The molecule has 2 aromatic carbocycles. The molecule has 69 valence electrons. The van der Waals surface area contributed by atoms with Crippen molar-refractivity contribution in [2.24, 2.45) is 0 Å². The first-order valence-corrected chi connectivity index (χ1v) is 4.93. The van der Waals surface area contributed by atoms with E-state index in [2.05, 4.69) is 18.2 Å². The number of benzene rings is 2. The lowest BCUT2D eigenvalue weighted by atomic mass is 10.1. The van der Waals surface area contributed by atoms with Gasteiger partial charge >= 0.3 is 0 Å². The Kier molecular flexibility index (Phi) is 2.85. The van der Waals surface area contributed by atoms with E-state index in [0.717, 1.165) is 17.0 Å². The van der Waals surface area contributed by atoms with E-state index in [1.807, 2.05) is 36.4 Å². The fourth-order valence-corrected chi connectivity index (χ4v) is 1.60. The van der Waals surface area contributed by atoms with Crippen LogP contribution in [-0.2, 0) is 6.42 Å². The second-order valence-electron chi connectivity index (χ2n) is 3.17. The lowest BCUT2D eigenvalue weighted by Gasteiger charge is -2.03. The van der Waals surface area contributed by atoms with Crippen molar-refractivity contribution in [3.8, 4) is 0 Å². The van der Waals surface area contributed by atoms with Crippen molar-refractivity contribution in [3.63, 3.8) is 0 Å². The molecule has 0 heterocycles. The third kappa shape index (κ3) is 2.15. The van der Waals surface area contributed by atoms with Gasteiger partial charge in [0.25, 0.3) is 0 Å². The van der Waals surface area contributed by atoms with Crippen molar-refractivity contribution in [1.29, 1.82) is 0 Å². The summed E-state index contributed by atoms with van der Waals surface area (Å²) in [6.07, 6.45) is 0.872. The molecule has 0 nitrogen and oxygen atoms in total. The zero-order valence-corrected chi connectivity index (χ0v) is 8.46. The number of rotatable bonds is 2. The monoisotopic (exact) mass is 201 g/mol. The predicted octanol–water partition coefficient (Wildman–Crippen LogP) is 3.73. The molecule has 0 aliphatic heterocycles.